The molecule has 0 saturated carbocycles. The Labute approximate surface area is 529 Å². The Morgan fingerprint density at radius 2 is 0.914 bits per heavy atom. The summed E-state index contributed by atoms with van der Waals surface area (Å²) in [5, 5.41) is -2.65. The van der Waals surface area contributed by atoms with Gasteiger partial charge in [0, 0.05) is 72.7 Å². The molecule has 0 atom stereocenters. The number of benzene rings is 11. The van der Waals surface area contributed by atoms with Crippen molar-refractivity contribution < 1.29 is 59.2 Å². The summed E-state index contributed by atoms with van der Waals surface area (Å²) in [6.07, 6.45) is 0. The first kappa shape index (κ1) is 22.1. The van der Waals surface area contributed by atoms with Gasteiger partial charge >= 0.3 is 0 Å². The van der Waals surface area contributed by atoms with Crippen LogP contribution in [0.15, 0.2) is 246 Å². The second-order valence-electron chi connectivity index (χ2n) is 21.1. The smallest absolute Gasteiger partial charge is 0.252 e. The van der Waals surface area contributed by atoms with E-state index in [2.05, 4.69) is 0 Å². The summed E-state index contributed by atoms with van der Waals surface area (Å²) in [7, 11) is 0. The van der Waals surface area contributed by atoms with E-state index in [1.807, 2.05) is 0 Å². The number of rotatable bonds is 7. The van der Waals surface area contributed by atoms with Crippen LogP contribution in [0.2, 0.25) is 0 Å². The Morgan fingerprint density at radius 3 is 1.59 bits per heavy atom. The first-order valence-electron chi connectivity index (χ1n) is 45.1. The zero-order chi connectivity index (χ0) is 89.3. The maximum atomic E-state index is 11.4. The summed E-state index contributed by atoms with van der Waals surface area (Å²) in [5.74, 6) is 0. The van der Waals surface area contributed by atoms with Crippen LogP contribution in [0.25, 0.3) is 49.4 Å². The van der Waals surface area contributed by atoms with Crippen LogP contribution in [-0.2, 0) is 10.8 Å². The molecular formula is C74H58BN5O. The molecular weight excluding hydrogens is 986 g/mol. The number of para-hydroxylation sites is 6. The minimum atomic E-state index is -2.48. The van der Waals surface area contributed by atoms with Gasteiger partial charge in [-0.25, -0.2) is 0 Å². The second-order valence-corrected chi connectivity index (χ2v) is 21.1. The first-order valence-corrected chi connectivity index (χ1v) is 25.1. The molecule has 5 heterocycles. The van der Waals surface area contributed by atoms with Gasteiger partial charge in [-0.1, -0.05) is 168 Å². The van der Waals surface area contributed by atoms with Crippen molar-refractivity contribution in [3.63, 3.8) is 0 Å². The van der Waals surface area contributed by atoms with Crippen LogP contribution in [0.5, 0.6) is 0 Å². The molecule has 388 valence electrons. The summed E-state index contributed by atoms with van der Waals surface area (Å²) in [4.78, 5) is 2.11. The molecule has 3 aliphatic heterocycles. The predicted octanol–water partition coefficient (Wildman–Crippen LogP) is 18.6. The molecule has 11 aromatic carbocycles. The molecule has 2 aromatic heterocycles. The predicted molar refractivity (Wildman–Crippen MR) is 342 cm³/mol. The van der Waals surface area contributed by atoms with Crippen molar-refractivity contribution >= 4 is 135 Å². The molecule has 3 aliphatic rings. The van der Waals surface area contributed by atoms with E-state index < -0.39 is 393 Å². The molecule has 0 unspecified atom stereocenters. The fourth-order valence-corrected chi connectivity index (χ4v) is 10.6. The Kier molecular flexibility index (Phi) is 4.74. The molecule has 0 radical (unpaired) electrons. The van der Waals surface area contributed by atoms with Gasteiger partial charge in [-0.15, -0.1) is 0 Å². The number of furan rings is 1. The second kappa shape index (κ2) is 17.4. The van der Waals surface area contributed by atoms with Crippen LogP contribution in [-0.4, -0.2) is 11.3 Å². The lowest BCUT2D eigenvalue weighted by molar-refractivity contribution is 0.590. The lowest BCUT2D eigenvalue weighted by Gasteiger charge is -2.47. The van der Waals surface area contributed by atoms with E-state index in [0.717, 1.165) is 9.47 Å². The Morgan fingerprint density at radius 1 is 0.383 bits per heavy atom. The monoisotopic (exact) mass is 1080 g/mol. The molecule has 0 amide bonds. The minimum Gasteiger partial charge on any atom is -0.456 e. The van der Waals surface area contributed by atoms with Gasteiger partial charge in [-0.2, -0.15) is 0 Å². The van der Waals surface area contributed by atoms with Crippen molar-refractivity contribution in [2.24, 2.45) is 0 Å². The molecule has 0 aliphatic carbocycles. The third-order valence-corrected chi connectivity index (χ3v) is 14.2. The highest BCUT2D eigenvalue weighted by molar-refractivity contribution is 7.00. The molecule has 0 bridgehead atoms. The van der Waals surface area contributed by atoms with Crippen molar-refractivity contribution in [3.05, 3.63) is 253 Å². The van der Waals surface area contributed by atoms with Crippen LogP contribution < -0.4 is 36.0 Å². The minimum absolute atomic E-state index is 0.268. The van der Waals surface area contributed by atoms with Gasteiger partial charge in [0.05, 0.1) is 88.6 Å². The highest BCUT2D eigenvalue weighted by Gasteiger charge is 2.47. The first-order chi connectivity index (χ1) is 56.2. The lowest BCUT2D eigenvalue weighted by Crippen LogP contribution is -2.61. The average Bonchev–Trinajstić information content (AvgIpc) is 1.64. The summed E-state index contributed by atoms with van der Waals surface area (Å²) < 4.78 is 400. The summed E-state index contributed by atoms with van der Waals surface area (Å²) in [6, 6.07) is -44.6. The van der Waals surface area contributed by atoms with Crippen LogP contribution in [0.3, 0.4) is 0 Å². The molecule has 81 heavy (non-hydrogen) atoms. The normalized spacial score (nSPS) is 20.1. The van der Waals surface area contributed by atoms with Crippen LogP contribution >= 0.6 is 0 Å². The van der Waals surface area contributed by atoms with Gasteiger partial charge in [-0.3, -0.25) is 0 Å². The highest BCUT2D eigenvalue weighted by Crippen LogP contribution is 2.55. The fourth-order valence-electron chi connectivity index (χ4n) is 10.6. The average molecular weight is 1080 g/mol. The molecule has 16 rings (SSSR count). The third-order valence-electron chi connectivity index (χ3n) is 14.2. The van der Waals surface area contributed by atoms with Crippen molar-refractivity contribution in [3.8, 4) is 5.69 Å². The van der Waals surface area contributed by atoms with Crippen molar-refractivity contribution in [1.29, 1.82) is 0 Å². The van der Waals surface area contributed by atoms with Crippen LogP contribution in [0, 0.1) is 0 Å². The molecule has 0 N–H and O–H groups in total. The van der Waals surface area contributed by atoms with Gasteiger partial charge in [0.25, 0.3) is 6.71 Å². The van der Waals surface area contributed by atoms with Gasteiger partial charge in [0.15, 0.2) is 0 Å². The summed E-state index contributed by atoms with van der Waals surface area (Å²) >= 11 is 0. The number of fused-ring (bicyclic) bond motifs is 12. The summed E-state index contributed by atoms with van der Waals surface area (Å²) in [6.45, 7) is 6.71. The number of hydrogen-bond donors (Lipinski definition) is 0. The number of nitrogens with zero attached hydrogens (tertiary/aromatic N) is 5. The topological polar surface area (TPSA) is 31.0 Å². The van der Waals surface area contributed by atoms with Crippen molar-refractivity contribution in [1.82, 2.24) is 4.57 Å². The van der Waals surface area contributed by atoms with E-state index in [9.17, 15) is 45.2 Å². The number of aromatic nitrogens is 1. The van der Waals surface area contributed by atoms with E-state index >= 15 is 0 Å². The van der Waals surface area contributed by atoms with Crippen molar-refractivity contribution in [2.75, 3.05) is 19.6 Å². The summed E-state index contributed by atoms with van der Waals surface area (Å²) in [5.41, 5.74) is -22.6. The van der Waals surface area contributed by atoms with Gasteiger partial charge in [0.2, 0.25) is 0 Å². The highest BCUT2D eigenvalue weighted by atomic mass is 16.3. The largest absolute Gasteiger partial charge is 0.456 e. The SMILES string of the molecule is [2H]c1c([2H])c([2H])c(N(c2c([2H])c([2H])c([2H])c([2H])c2[2H])c2c([2H])c3c4c(c2[2H])N2c5c(c([2H])c([2H])c([2H])c5-n5c6c([2H])c([2H])c([2H])c([2H])c6c6c([2H])c([2H])c([2H])c2c65)B4c2c([2H])c([2H])c(N(c4c([2H])c([2H])c(C(C)(C)C)c([2H])c4[2H])c4c([2H])c([2H])c(C(C)(C)C)c([2H])c4[2H])c([2H])c2N3c2c([2H])c([2H])c3oc4c([2H])c([2H])c([2H])c([2H])c4c3c2[2H])c([2H])c1[2H]. The van der Waals surface area contributed by atoms with E-state index in [1.165, 1.54) is 41.5 Å². The quantitative estimate of drug-likeness (QED) is 0.148. The number of anilines is 12. The number of hydrogen-bond acceptors (Lipinski definition) is 5. The maximum absolute atomic E-state index is 11.4. The Bertz CT molecular complexity index is 6900. The van der Waals surface area contributed by atoms with E-state index in [1.54, 1.807) is 0 Å². The Hall–Kier alpha value is -9.72. The van der Waals surface area contributed by atoms with Crippen LogP contribution in [0.4, 0.5) is 68.2 Å². The maximum Gasteiger partial charge on any atom is 0.252 e. The van der Waals surface area contributed by atoms with E-state index in [4.69, 9.17) is 14.0 Å². The van der Waals surface area contributed by atoms with Crippen LogP contribution in [0.1, 0.15) is 107 Å². The Balaban J connectivity index is 1.25. The molecule has 7 heteroatoms. The molecule has 0 saturated heterocycles. The molecule has 0 spiro atoms. The van der Waals surface area contributed by atoms with E-state index in [-0.39, 0.29) is 11.1 Å². The standard InChI is InChI=1S/C74H58BN5O/c1-73(2,3)47-31-35-51(36-32-47)76(52-37-33-48(34-38-52)74(4,5)6)54-39-41-60-65(44-54)78(53-40-42-69-59(43-53)57-24-14-16-30-68(57)81-69)66-45-55(77(49-19-9-7-10-20-49)50-21-11-8-12-22-50)46-67-70(66)75(60)61-26-18-29-64-72(61)80(67)63-28-17-25-58-56-23-13-15-27-62(56)79(64)71(58)63/h7-46H,1-6H3/i7D,8D,9D,10D,11D,12D,13D,14D,15D,16D,17D,18D,19D,20D,21D,22D,23D,24D,25D,26D,27D,28D,29D,30D,31D,32D,33D,34D,35D,36D,37D,38D,39D,40D,41D,42D,43D,44D,45D,46D. The van der Waals surface area contributed by atoms with Crippen molar-refractivity contribution in [2.45, 2.75) is 52.4 Å². The zero-order valence-electron chi connectivity index (χ0n) is 83.2. The van der Waals surface area contributed by atoms with E-state index in [0.29, 0.717) is 14.7 Å². The molecule has 13 aromatic rings. The van der Waals surface area contributed by atoms with Gasteiger partial charge < -0.3 is 28.6 Å². The zero-order valence-corrected chi connectivity index (χ0v) is 43.2. The third kappa shape index (κ3) is 7.14. The molecule has 6 nitrogen and oxygen atoms in total. The fraction of sp³-hybridized carbons (Fsp3) is 0.108. The molecule has 0 fully saturated rings. The lowest BCUT2D eigenvalue weighted by atomic mass is 9.33. The van der Waals surface area contributed by atoms with Gasteiger partial charge in [0.1, 0.15) is 11.2 Å². The van der Waals surface area contributed by atoms with Gasteiger partial charge in [-0.05, 0) is 153 Å².